The maximum Gasteiger partial charge on any atom is 0.230 e. The van der Waals surface area contributed by atoms with E-state index in [0.29, 0.717) is 11.8 Å². The largest absolute Gasteiger partial charge is 0.312 e. The number of anilines is 1. The maximum absolute atomic E-state index is 12.0. The lowest BCUT2D eigenvalue weighted by molar-refractivity contribution is -0.119. The molecule has 1 fully saturated rings. The third-order valence-corrected chi connectivity index (χ3v) is 3.63. The van der Waals surface area contributed by atoms with E-state index in [2.05, 4.69) is 28.1 Å². The van der Waals surface area contributed by atoms with Crippen molar-refractivity contribution >= 4 is 27.5 Å². The molecule has 0 spiro atoms. The number of carbonyl (C=O) groups excluding carboxylic acids is 1. The molecule has 0 saturated heterocycles. The van der Waals surface area contributed by atoms with E-state index in [9.17, 15) is 4.79 Å². The predicted octanol–water partition coefficient (Wildman–Crippen LogP) is 2.75. The monoisotopic (exact) mass is 265 g/mol. The van der Waals surface area contributed by atoms with Crippen molar-refractivity contribution in [3.8, 4) is 0 Å². The van der Waals surface area contributed by atoms with Crippen LogP contribution in [0.4, 0.5) is 5.69 Å². The number of nitrogens with zero attached hydrogens (tertiary/aromatic N) is 1. The third-order valence-electron chi connectivity index (χ3n) is 3.14. The molecule has 78 valence electrons. The molecule has 2 aliphatic rings. The molecule has 1 aromatic carbocycles. The van der Waals surface area contributed by atoms with Gasteiger partial charge in [0.1, 0.15) is 0 Å². The van der Waals surface area contributed by atoms with Crippen molar-refractivity contribution in [2.75, 3.05) is 11.4 Å². The van der Waals surface area contributed by atoms with Crippen molar-refractivity contribution in [2.45, 2.75) is 19.3 Å². The first-order valence-electron chi connectivity index (χ1n) is 5.35. The summed E-state index contributed by atoms with van der Waals surface area (Å²) in [6.45, 7) is 0.862. The second-order valence-corrected chi connectivity index (χ2v) is 5.20. The number of hydrogen-bond donors (Lipinski definition) is 0. The van der Waals surface area contributed by atoms with Crippen molar-refractivity contribution in [3.05, 3.63) is 28.2 Å². The van der Waals surface area contributed by atoms with Gasteiger partial charge in [0.2, 0.25) is 5.91 Å². The van der Waals surface area contributed by atoms with Crippen LogP contribution in [0.25, 0.3) is 0 Å². The van der Waals surface area contributed by atoms with Crippen LogP contribution in [0.3, 0.4) is 0 Å². The Morgan fingerprint density at radius 2 is 2.20 bits per heavy atom. The zero-order valence-corrected chi connectivity index (χ0v) is 9.96. The summed E-state index contributed by atoms with van der Waals surface area (Å²) in [5, 5.41) is 0. The zero-order valence-electron chi connectivity index (χ0n) is 8.37. The SMILES string of the molecule is O=C(C1CC1)N1CCc2ccc(Br)cc21. The van der Waals surface area contributed by atoms with Crippen LogP contribution in [-0.2, 0) is 11.2 Å². The van der Waals surface area contributed by atoms with E-state index in [0.717, 1.165) is 36.0 Å². The minimum absolute atomic E-state index is 0.315. The van der Waals surface area contributed by atoms with Crippen molar-refractivity contribution in [3.63, 3.8) is 0 Å². The van der Waals surface area contributed by atoms with Crippen LogP contribution < -0.4 is 4.90 Å². The highest BCUT2D eigenvalue weighted by Gasteiger charge is 2.36. The molecule has 0 unspecified atom stereocenters. The molecule has 1 aliphatic heterocycles. The summed E-state index contributed by atoms with van der Waals surface area (Å²) in [5.41, 5.74) is 2.41. The summed E-state index contributed by atoms with van der Waals surface area (Å²) in [7, 11) is 0. The lowest BCUT2D eigenvalue weighted by atomic mass is 10.2. The van der Waals surface area contributed by atoms with Gasteiger partial charge in [-0.25, -0.2) is 0 Å². The van der Waals surface area contributed by atoms with Crippen molar-refractivity contribution in [2.24, 2.45) is 5.92 Å². The third kappa shape index (κ3) is 1.59. The summed E-state index contributed by atoms with van der Waals surface area (Å²) < 4.78 is 1.05. The summed E-state index contributed by atoms with van der Waals surface area (Å²) in [4.78, 5) is 13.9. The number of rotatable bonds is 1. The average Bonchev–Trinajstić information content (AvgIpc) is 2.98. The topological polar surface area (TPSA) is 20.3 Å². The molecule has 1 amide bonds. The van der Waals surface area contributed by atoms with Gasteiger partial charge in [0.15, 0.2) is 0 Å². The Balaban J connectivity index is 1.95. The van der Waals surface area contributed by atoms with Crippen LogP contribution in [0.2, 0.25) is 0 Å². The van der Waals surface area contributed by atoms with Crippen LogP contribution in [0, 0.1) is 5.92 Å². The van der Waals surface area contributed by atoms with E-state index in [4.69, 9.17) is 0 Å². The second-order valence-electron chi connectivity index (χ2n) is 4.29. The van der Waals surface area contributed by atoms with Crippen LogP contribution in [-0.4, -0.2) is 12.5 Å². The number of fused-ring (bicyclic) bond motifs is 1. The Morgan fingerprint density at radius 1 is 1.40 bits per heavy atom. The quantitative estimate of drug-likeness (QED) is 0.765. The number of amides is 1. The van der Waals surface area contributed by atoms with Gasteiger partial charge in [0.05, 0.1) is 0 Å². The first kappa shape index (κ1) is 9.40. The van der Waals surface area contributed by atoms with Crippen molar-refractivity contribution in [1.82, 2.24) is 0 Å². The van der Waals surface area contributed by atoms with Gasteiger partial charge in [-0.3, -0.25) is 4.79 Å². The number of hydrogen-bond acceptors (Lipinski definition) is 1. The van der Waals surface area contributed by atoms with E-state index >= 15 is 0 Å². The number of halogens is 1. The van der Waals surface area contributed by atoms with Gasteiger partial charge in [0.25, 0.3) is 0 Å². The fourth-order valence-electron chi connectivity index (χ4n) is 2.13. The molecule has 0 atom stereocenters. The van der Waals surface area contributed by atoms with Gasteiger partial charge in [-0.05, 0) is 37.0 Å². The number of carbonyl (C=O) groups is 1. The Labute approximate surface area is 97.4 Å². The first-order chi connectivity index (χ1) is 7.25. The van der Waals surface area contributed by atoms with Crippen LogP contribution in [0.1, 0.15) is 18.4 Å². The molecule has 3 heteroatoms. The molecule has 1 heterocycles. The predicted molar refractivity (Wildman–Crippen MR) is 62.9 cm³/mol. The van der Waals surface area contributed by atoms with Crippen LogP contribution in [0.5, 0.6) is 0 Å². The Kier molecular flexibility index (Phi) is 2.09. The van der Waals surface area contributed by atoms with Gasteiger partial charge < -0.3 is 4.90 Å². The molecule has 0 aromatic heterocycles. The van der Waals surface area contributed by atoms with Crippen LogP contribution >= 0.6 is 15.9 Å². The molecule has 1 saturated carbocycles. The highest BCUT2D eigenvalue weighted by atomic mass is 79.9. The fraction of sp³-hybridized carbons (Fsp3) is 0.417. The van der Waals surface area contributed by atoms with E-state index in [1.807, 2.05) is 11.0 Å². The lowest BCUT2D eigenvalue weighted by Gasteiger charge is -2.17. The normalized spacial score (nSPS) is 19.1. The Hall–Kier alpha value is -0.830. The van der Waals surface area contributed by atoms with Crippen LogP contribution in [0.15, 0.2) is 22.7 Å². The highest BCUT2D eigenvalue weighted by Crippen LogP contribution is 2.37. The first-order valence-corrected chi connectivity index (χ1v) is 6.15. The minimum Gasteiger partial charge on any atom is -0.312 e. The zero-order chi connectivity index (χ0) is 10.4. The molecular formula is C12H12BrNO. The molecule has 0 N–H and O–H groups in total. The maximum atomic E-state index is 12.0. The molecule has 0 bridgehead atoms. The molecule has 0 radical (unpaired) electrons. The smallest absolute Gasteiger partial charge is 0.230 e. The highest BCUT2D eigenvalue weighted by molar-refractivity contribution is 9.10. The van der Waals surface area contributed by atoms with E-state index in [-0.39, 0.29) is 0 Å². The molecular weight excluding hydrogens is 254 g/mol. The molecule has 15 heavy (non-hydrogen) atoms. The average molecular weight is 266 g/mol. The Morgan fingerprint density at radius 3 is 2.93 bits per heavy atom. The summed E-state index contributed by atoms with van der Waals surface area (Å²) >= 11 is 3.46. The molecule has 2 nitrogen and oxygen atoms in total. The van der Waals surface area contributed by atoms with Gasteiger partial charge in [-0.15, -0.1) is 0 Å². The number of benzene rings is 1. The minimum atomic E-state index is 0.315. The summed E-state index contributed by atoms with van der Waals surface area (Å²) in [6, 6.07) is 6.21. The van der Waals surface area contributed by atoms with E-state index < -0.39 is 0 Å². The molecule has 3 rings (SSSR count). The van der Waals surface area contributed by atoms with Gasteiger partial charge in [-0.1, -0.05) is 22.0 Å². The molecule has 1 aromatic rings. The van der Waals surface area contributed by atoms with Gasteiger partial charge >= 0.3 is 0 Å². The summed E-state index contributed by atoms with van der Waals surface area (Å²) in [6.07, 6.45) is 3.17. The van der Waals surface area contributed by atoms with E-state index in [1.54, 1.807) is 0 Å². The van der Waals surface area contributed by atoms with E-state index in [1.165, 1.54) is 5.56 Å². The van der Waals surface area contributed by atoms with Gasteiger partial charge in [0, 0.05) is 22.6 Å². The van der Waals surface area contributed by atoms with Crippen molar-refractivity contribution < 1.29 is 4.79 Å². The fourth-order valence-corrected chi connectivity index (χ4v) is 2.48. The summed E-state index contributed by atoms with van der Waals surface area (Å²) in [5.74, 6) is 0.641. The van der Waals surface area contributed by atoms with Gasteiger partial charge in [-0.2, -0.15) is 0 Å². The Bertz CT molecular complexity index is 426. The molecule has 1 aliphatic carbocycles. The standard InChI is InChI=1S/C12H12BrNO/c13-10-4-3-8-5-6-14(11(8)7-10)12(15)9-1-2-9/h3-4,7,9H,1-2,5-6H2. The second kappa shape index (κ2) is 3.34. The van der Waals surface area contributed by atoms with Crippen molar-refractivity contribution in [1.29, 1.82) is 0 Å². The lowest BCUT2D eigenvalue weighted by Crippen LogP contribution is -2.30.